The molecule has 140 valence electrons. The molecule has 7 nitrogen and oxygen atoms in total. The van der Waals surface area contributed by atoms with Crippen molar-refractivity contribution < 1.29 is 13.7 Å². The van der Waals surface area contributed by atoms with Crippen molar-refractivity contribution in [2.45, 2.75) is 13.5 Å². The molecule has 1 N–H and O–H groups in total. The third kappa shape index (κ3) is 3.52. The van der Waals surface area contributed by atoms with Crippen molar-refractivity contribution >= 4 is 17.5 Å². The Kier molecular flexibility index (Phi) is 4.90. The summed E-state index contributed by atoms with van der Waals surface area (Å²) in [5.74, 6) is 0.708. The highest BCUT2D eigenvalue weighted by Crippen LogP contribution is 2.31. The van der Waals surface area contributed by atoms with Gasteiger partial charge in [-0.25, -0.2) is 0 Å². The minimum atomic E-state index is -0.367. The molecule has 0 aliphatic heterocycles. The molecule has 0 bridgehead atoms. The molecular weight excluding hydrogens is 380 g/mol. The summed E-state index contributed by atoms with van der Waals surface area (Å²) in [6.07, 6.45) is 0. The molecule has 0 saturated carbocycles. The molecule has 2 heterocycles. The molecule has 1 amide bonds. The topological polar surface area (TPSA) is 94.1 Å². The first-order chi connectivity index (χ1) is 13.6. The third-order valence-corrected chi connectivity index (χ3v) is 4.44. The molecule has 8 heteroatoms. The summed E-state index contributed by atoms with van der Waals surface area (Å²) in [5, 5.41) is 15.2. The van der Waals surface area contributed by atoms with Gasteiger partial charge in [-0.15, -0.1) is 10.2 Å². The summed E-state index contributed by atoms with van der Waals surface area (Å²) in [7, 11) is 0. The molecule has 0 aliphatic carbocycles. The zero-order valence-electron chi connectivity index (χ0n) is 14.8. The molecule has 0 saturated heterocycles. The number of nitrogens with one attached hydrogen (secondary N) is 1. The van der Waals surface area contributed by atoms with Crippen LogP contribution in [0.25, 0.3) is 22.7 Å². The van der Waals surface area contributed by atoms with Gasteiger partial charge >= 0.3 is 0 Å². The van der Waals surface area contributed by atoms with Crippen LogP contribution >= 0.6 is 11.6 Å². The van der Waals surface area contributed by atoms with E-state index in [9.17, 15) is 4.79 Å². The number of rotatable bonds is 5. The van der Waals surface area contributed by atoms with Crippen molar-refractivity contribution in [2.24, 2.45) is 0 Å². The van der Waals surface area contributed by atoms with E-state index >= 15 is 0 Å². The highest BCUT2D eigenvalue weighted by molar-refractivity contribution is 6.33. The van der Waals surface area contributed by atoms with Crippen molar-refractivity contribution in [1.29, 1.82) is 0 Å². The van der Waals surface area contributed by atoms with Crippen LogP contribution in [-0.2, 0) is 6.54 Å². The van der Waals surface area contributed by atoms with E-state index in [-0.39, 0.29) is 12.5 Å². The van der Waals surface area contributed by atoms with Crippen molar-refractivity contribution in [3.05, 3.63) is 76.8 Å². The second-order valence-corrected chi connectivity index (χ2v) is 6.40. The number of halogens is 1. The normalized spacial score (nSPS) is 10.8. The number of nitrogens with zero attached hydrogens (tertiary/aromatic N) is 3. The maximum Gasteiger partial charge on any atom is 0.257 e. The molecule has 4 aromatic rings. The van der Waals surface area contributed by atoms with Crippen LogP contribution in [0, 0.1) is 6.92 Å². The summed E-state index contributed by atoms with van der Waals surface area (Å²) in [5.41, 5.74) is 2.13. The SMILES string of the molecule is Cc1onc(-c2ccccc2Cl)c1C(=O)NCc1nnc(-c2ccccc2)o1. The standard InChI is InChI=1S/C20H15ClN4O3/c1-12-17(18(25-28-12)14-9-5-6-10-15(14)21)19(26)22-11-16-23-24-20(27-16)13-7-3-2-4-8-13/h2-10H,11H2,1H3,(H,22,26). The van der Waals surface area contributed by atoms with E-state index in [0.717, 1.165) is 5.56 Å². The molecule has 2 aromatic carbocycles. The van der Waals surface area contributed by atoms with Crippen LogP contribution in [0.2, 0.25) is 5.02 Å². The summed E-state index contributed by atoms with van der Waals surface area (Å²) in [6, 6.07) is 16.5. The minimum Gasteiger partial charge on any atom is -0.419 e. The monoisotopic (exact) mass is 394 g/mol. The number of carbonyl (C=O) groups is 1. The van der Waals surface area contributed by atoms with Gasteiger partial charge in [-0.05, 0) is 25.1 Å². The first-order valence-corrected chi connectivity index (χ1v) is 8.88. The predicted octanol–water partition coefficient (Wildman–Crippen LogP) is 4.28. The third-order valence-electron chi connectivity index (χ3n) is 4.11. The summed E-state index contributed by atoms with van der Waals surface area (Å²) in [6.45, 7) is 1.74. The van der Waals surface area contributed by atoms with E-state index in [1.807, 2.05) is 36.4 Å². The number of hydrogen-bond acceptors (Lipinski definition) is 6. The first-order valence-electron chi connectivity index (χ1n) is 8.50. The maximum absolute atomic E-state index is 12.7. The minimum absolute atomic E-state index is 0.0747. The Morgan fingerprint density at radius 2 is 1.82 bits per heavy atom. The molecule has 0 spiro atoms. The van der Waals surface area contributed by atoms with E-state index in [4.69, 9.17) is 20.5 Å². The molecule has 0 aliphatic rings. The Morgan fingerprint density at radius 3 is 2.61 bits per heavy atom. The zero-order chi connectivity index (χ0) is 19.5. The second-order valence-electron chi connectivity index (χ2n) is 5.99. The average molecular weight is 395 g/mol. The van der Waals surface area contributed by atoms with Crippen LogP contribution in [0.1, 0.15) is 22.0 Å². The summed E-state index contributed by atoms with van der Waals surface area (Å²) in [4.78, 5) is 12.7. The van der Waals surface area contributed by atoms with Crippen LogP contribution in [0.15, 0.2) is 63.5 Å². The molecule has 28 heavy (non-hydrogen) atoms. The van der Waals surface area contributed by atoms with Crippen LogP contribution < -0.4 is 5.32 Å². The number of amides is 1. The lowest BCUT2D eigenvalue weighted by molar-refractivity contribution is 0.0946. The number of benzene rings is 2. The number of aryl methyl sites for hydroxylation is 1. The predicted molar refractivity (Wildman–Crippen MR) is 103 cm³/mol. The quantitative estimate of drug-likeness (QED) is 0.542. The van der Waals surface area contributed by atoms with Gasteiger partial charge < -0.3 is 14.3 Å². The Hall–Kier alpha value is -3.45. The van der Waals surface area contributed by atoms with Crippen molar-refractivity contribution in [3.8, 4) is 22.7 Å². The van der Waals surface area contributed by atoms with Crippen LogP contribution in [0.4, 0.5) is 0 Å². The van der Waals surface area contributed by atoms with Gasteiger partial charge in [0.15, 0.2) is 0 Å². The molecule has 0 fully saturated rings. The maximum atomic E-state index is 12.7. The fraction of sp³-hybridized carbons (Fsp3) is 0.100. The van der Waals surface area contributed by atoms with Gasteiger partial charge in [0.25, 0.3) is 5.91 Å². The van der Waals surface area contributed by atoms with E-state index in [1.165, 1.54) is 0 Å². The van der Waals surface area contributed by atoms with Crippen LogP contribution in [0.3, 0.4) is 0 Å². The Balaban J connectivity index is 1.52. The fourth-order valence-electron chi connectivity index (χ4n) is 2.74. The van der Waals surface area contributed by atoms with Gasteiger partial charge in [0.05, 0.1) is 11.6 Å². The van der Waals surface area contributed by atoms with Crippen molar-refractivity contribution in [1.82, 2.24) is 20.7 Å². The number of hydrogen-bond donors (Lipinski definition) is 1. The molecule has 0 unspecified atom stereocenters. The molecule has 0 atom stereocenters. The highest BCUT2D eigenvalue weighted by Gasteiger charge is 2.23. The van der Waals surface area contributed by atoms with Gasteiger partial charge in [0, 0.05) is 11.1 Å². The van der Waals surface area contributed by atoms with Crippen molar-refractivity contribution in [3.63, 3.8) is 0 Å². The van der Waals surface area contributed by atoms with E-state index < -0.39 is 0 Å². The molecule has 0 radical (unpaired) electrons. The number of carbonyl (C=O) groups excluding carboxylic acids is 1. The first kappa shape index (κ1) is 17.9. The average Bonchev–Trinajstić information content (AvgIpc) is 3.34. The van der Waals surface area contributed by atoms with E-state index in [0.29, 0.717) is 39.4 Å². The molecule has 2 aromatic heterocycles. The van der Waals surface area contributed by atoms with Gasteiger partial charge in [-0.3, -0.25) is 4.79 Å². The van der Waals surface area contributed by atoms with Gasteiger partial charge in [0.2, 0.25) is 11.8 Å². The fourth-order valence-corrected chi connectivity index (χ4v) is 2.97. The Bertz CT molecular complexity index is 1120. The van der Waals surface area contributed by atoms with Crippen LogP contribution in [-0.4, -0.2) is 21.3 Å². The smallest absolute Gasteiger partial charge is 0.257 e. The largest absolute Gasteiger partial charge is 0.419 e. The lowest BCUT2D eigenvalue weighted by atomic mass is 10.1. The molecule has 4 rings (SSSR count). The van der Waals surface area contributed by atoms with E-state index in [1.54, 1.807) is 25.1 Å². The highest BCUT2D eigenvalue weighted by atomic mass is 35.5. The lowest BCUT2D eigenvalue weighted by Gasteiger charge is -2.05. The molecular formula is C20H15ClN4O3. The lowest BCUT2D eigenvalue weighted by Crippen LogP contribution is -2.23. The Morgan fingerprint density at radius 1 is 1.07 bits per heavy atom. The zero-order valence-corrected chi connectivity index (χ0v) is 15.6. The van der Waals surface area contributed by atoms with Gasteiger partial charge in [-0.1, -0.05) is 53.2 Å². The van der Waals surface area contributed by atoms with Gasteiger partial charge in [-0.2, -0.15) is 0 Å². The summed E-state index contributed by atoms with van der Waals surface area (Å²) < 4.78 is 10.8. The second kappa shape index (κ2) is 7.66. The summed E-state index contributed by atoms with van der Waals surface area (Å²) >= 11 is 6.23. The van der Waals surface area contributed by atoms with E-state index in [2.05, 4.69) is 20.7 Å². The van der Waals surface area contributed by atoms with Crippen molar-refractivity contribution in [2.75, 3.05) is 0 Å². The van der Waals surface area contributed by atoms with Gasteiger partial charge in [0.1, 0.15) is 17.0 Å². The number of aromatic nitrogens is 3. The van der Waals surface area contributed by atoms with Crippen LogP contribution in [0.5, 0.6) is 0 Å². The Labute approximate surface area is 165 Å².